The second-order valence-corrected chi connectivity index (χ2v) is 6.55. The first-order valence-electron chi connectivity index (χ1n) is 7.24. The minimum atomic E-state index is -0.324. The highest BCUT2D eigenvalue weighted by atomic mass is 16.3. The SMILES string of the molecule is CC=CC1C(C)CC(O)C2(C)C(C(C)=O)CCC12. The summed E-state index contributed by atoms with van der Waals surface area (Å²) in [6, 6.07) is 0. The predicted molar refractivity (Wildman–Crippen MR) is 73.1 cm³/mol. The number of allylic oxidation sites excluding steroid dienone is 2. The van der Waals surface area contributed by atoms with Crippen LogP contribution in [0.15, 0.2) is 12.2 Å². The fourth-order valence-corrected chi connectivity index (χ4v) is 4.66. The summed E-state index contributed by atoms with van der Waals surface area (Å²) < 4.78 is 0. The molecule has 1 N–H and O–H groups in total. The third-order valence-electron chi connectivity index (χ3n) is 5.66. The molecule has 6 atom stereocenters. The quantitative estimate of drug-likeness (QED) is 0.764. The lowest BCUT2D eigenvalue weighted by atomic mass is 9.56. The molecule has 2 rings (SSSR count). The number of Topliss-reactive ketones (excluding diaryl/α,β-unsaturated/α-hetero) is 1. The van der Waals surface area contributed by atoms with Crippen molar-refractivity contribution in [1.29, 1.82) is 0 Å². The number of rotatable bonds is 2. The smallest absolute Gasteiger partial charge is 0.133 e. The topological polar surface area (TPSA) is 37.3 Å². The summed E-state index contributed by atoms with van der Waals surface area (Å²) in [5.41, 5.74) is -0.206. The molecule has 2 nitrogen and oxygen atoms in total. The highest BCUT2D eigenvalue weighted by Crippen LogP contribution is 2.59. The molecule has 0 aromatic rings. The summed E-state index contributed by atoms with van der Waals surface area (Å²) >= 11 is 0. The van der Waals surface area contributed by atoms with Crippen molar-refractivity contribution in [2.45, 2.75) is 53.1 Å². The van der Waals surface area contributed by atoms with Gasteiger partial charge in [0, 0.05) is 11.3 Å². The molecule has 2 saturated carbocycles. The summed E-state index contributed by atoms with van der Waals surface area (Å²) in [7, 11) is 0. The van der Waals surface area contributed by atoms with E-state index in [2.05, 4.69) is 32.9 Å². The number of ketones is 1. The molecule has 0 amide bonds. The van der Waals surface area contributed by atoms with Crippen LogP contribution in [-0.4, -0.2) is 17.0 Å². The molecule has 0 aromatic heterocycles. The average molecular weight is 250 g/mol. The van der Waals surface area contributed by atoms with Crippen molar-refractivity contribution in [2.75, 3.05) is 0 Å². The van der Waals surface area contributed by atoms with Crippen molar-refractivity contribution in [2.24, 2.45) is 29.1 Å². The van der Waals surface area contributed by atoms with Crippen molar-refractivity contribution < 1.29 is 9.90 Å². The van der Waals surface area contributed by atoms with Crippen molar-refractivity contribution >= 4 is 5.78 Å². The molecule has 0 aliphatic heterocycles. The Morgan fingerprint density at radius 2 is 2.06 bits per heavy atom. The van der Waals surface area contributed by atoms with E-state index < -0.39 is 0 Å². The number of aliphatic hydroxyl groups excluding tert-OH is 1. The molecule has 18 heavy (non-hydrogen) atoms. The van der Waals surface area contributed by atoms with E-state index in [0.717, 1.165) is 19.3 Å². The van der Waals surface area contributed by atoms with E-state index in [1.165, 1.54) is 0 Å². The van der Waals surface area contributed by atoms with Crippen LogP contribution >= 0.6 is 0 Å². The third kappa shape index (κ3) is 1.85. The zero-order chi connectivity index (χ0) is 13.5. The Hall–Kier alpha value is -0.630. The van der Waals surface area contributed by atoms with Crippen LogP contribution in [0.2, 0.25) is 0 Å². The lowest BCUT2D eigenvalue weighted by Crippen LogP contribution is -2.51. The summed E-state index contributed by atoms with van der Waals surface area (Å²) in [5.74, 6) is 1.81. The third-order valence-corrected chi connectivity index (χ3v) is 5.66. The average Bonchev–Trinajstić information content (AvgIpc) is 2.64. The van der Waals surface area contributed by atoms with Crippen molar-refractivity contribution in [1.82, 2.24) is 0 Å². The largest absolute Gasteiger partial charge is 0.393 e. The molecule has 2 aliphatic rings. The Morgan fingerprint density at radius 3 is 2.61 bits per heavy atom. The van der Waals surface area contributed by atoms with Crippen LogP contribution < -0.4 is 0 Å². The Morgan fingerprint density at radius 1 is 1.39 bits per heavy atom. The summed E-state index contributed by atoms with van der Waals surface area (Å²) in [4.78, 5) is 11.9. The van der Waals surface area contributed by atoms with Crippen molar-refractivity contribution in [3.63, 3.8) is 0 Å². The number of aliphatic hydroxyl groups is 1. The van der Waals surface area contributed by atoms with Crippen LogP contribution in [0.5, 0.6) is 0 Å². The van der Waals surface area contributed by atoms with Gasteiger partial charge in [0.2, 0.25) is 0 Å². The van der Waals surface area contributed by atoms with Gasteiger partial charge in [0.25, 0.3) is 0 Å². The standard InChI is InChI=1S/C16H26O2/c1-5-6-12-10(2)9-15(18)16(4)13(11(3)17)7-8-14(12)16/h5-6,10,12-15,18H,7-9H2,1-4H3. The maximum Gasteiger partial charge on any atom is 0.133 e. The lowest BCUT2D eigenvalue weighted by Gasteiger charge is -2.49. The summed E-state index contributed by atoms with van der Waals surface area (Å²) in [6.07, 6.45) is 6.95. The second kappa shape index (κ2) is 4.80. The van der Waals surface area contributed by atoms with Crippen LogP contribution in [0.3, 0.4) is 0 Å². The number of carbonyl (C=O) groups excluding carboxylic acids is 1. The minimum Gasteiger partial charge on any atom is -0.393 e. The normalized spacial score (nSPS) is 48.4. The first kappa shape index (κ1) is 13.8. The van der Waals surface area contributed by atoms with Crippen LogP contribution in [0.4, 0.5) is 0 Å². The van der Waals surface area contributed by atoms with Gasteiger partial charge in [0.1, 0.15) is 5.78 Å². The molecular formula is C16H26O2. The number of hydrogen-bond donors (Lipinski definition) is 1. The van der Waals surface area contributed by atoms with Gasteiger partial charge in [-0.15, -0.1) is 0 Å². The van der Waals surface area contributed by atoms with E-state index in [0.29, 0.717) is 17.8 Å². The molecule has 2 aliphatic carbocycles. The molecule has 102 valence electrons. The maximum atomic E-state index is 11.9. The fraction of sp³-hybridized carbons (Fsp3) is 0.812. The van der Waals surface area contributed by atoms with E-state index in [4.69, 9.17) is 0 Å². The highest BCUT2D eigenvalue weighted by molar-refractivity contribution is 5.79. The van der Waals surface area contributed by atoms with E-state index in [-0.39, 0.29) is 23.2 Å². The molecule has 0 spiro atoms. The van der Waals surface area contributed by atoms with Gasteiger partial charge in [-0.1, -0.05) is 26.0 Å². The van der Waals surface area contributed by atoms with Crippen molar-refractivity contribution in [3.8, 4) is 0 Å². The van der Waals surface area contributed by atoms with Crippen LogP contribution in [0.1, 0.15) is 47.0 Å². The first-order valence-corrected chi connectivity index (χ1v) is 7.24. The summed E-state index contributed by atoms with van der Waals surface area (Å²) in [6.45, 7) is 8.12. The Balaban J connectivity index is 2.37. The molecule has 2 heteroatoms. The Kier molecular flexibility index (Phi) is 3.68. The van der Waals surface area contributed by atoms with Crippen LogP contribution in [0, 0.1) is 29.1 Å². The molecule has 0 bridgehead atoms. The molecule has 2 fully saturated rings. The monoisotopic (exact) mass is 250 g/mol. The van der Waals surface area contributed by atoms with E-state index in [1.54, 1.807) is 6.92 Å². The van der Waals surface area contributed by atoms with Gasteiger partial charge >= 0.3 is 0 Å². The molecule has 0 aromatic carbocycles. The van der Waals surface area contributed by atoms with Gasteiger partial charge < -0.3 is 5.11 Å². The Bertz CT molecular complexity index is 360. The zero-order valence-corrected chi connectivity index (χ0v) is 12.0. The minimum absolute atomic E-state index is 0.0535. The van der Waals surface area contributed by atoms with Gasteiger partial charge in [-0.2, -0.15) is 0 Å². The molecule has 0 radical (unpaired) electrons. The van der Waals surface area contributed by atoms with E-state index >= 15 is 0 Å². The Labute approximate surface area is 110 Å². The van der Waals surface area contributed by atoms with Crippen LogP contribution in [0.25, 0.3) is 0 Å². The van der Waals surface area contributed by atoms with Gasteiger partial charge in [-0.3, -0.25) is 4.79 Å². The van der Waals surface area contributed by atoms with Gasteiger partial charge in [-0.25, -0.2) is 0 Å². The summed E-state index contributed by atoms with van der Waals surface area (Å²) in [5, 5.41) is 10.5. The highest BCUT2D eigenvalue weighted by Gasteiger charge is 2.58. The van der Waals surface area contributed by atoms with Gasteiger partial charge in [-0.05, 0) is 50.9 Å². The second-order valence-electron chi connectivity index (χ2n) is 6.55. The van der Waals surface area contributed by atoms with E-state index in [9.17, 15) is 9.90 Å². The van der Waals surface area contributed by atoms with Crippen LogP contribution in [-0.2, 0) is 4.79 Å². The number of fused-ring (bicyclic) bond motifs is 1. The molecular weight excluding hydrogens is 224 g/mol. The van der Waals surface area contributed by atoms with Gasteiger partial charge in [0.15, 0.2) is 0 Å². The maximum absolute atomic E-state index is 11.9. The number of hydrogen-bond acceptors (Lipinski definition) is 2. The molecule has 0 saturated heterocycles. The predicted octanol–water partition coefficient (Wildman–Crippen LogP) is 3.20. The first-order chi connectivity index (χ1) is 8.42. The van der Waals surface area contributed by atoms with Gasteiger partial charge in [0.05, 0.1) is 6.10 Å². The fourth-order valence-electron chi connectivity index (χ4n) is 4.66. The van der Waals surface area contributed by atoms with Crippen molar-refractivity contribution in [3.05, 3.63) is 12.2 Å². The van der Waals surface area contributed by atoms with E-state index in [1.807, 2.05) is 0 Å². The molecule has 6 unspecified atom stereocenters. The number of carbonyl (C=O) groups is 1. The molecule has 0 heterocycles. The lowest BCUT2D eigenvalue weighted by molar-refractivity contribution is -0.135. The zero-order valence-electron chi connectivity index (χ0n) is 12.0.